The summed E-state index contributed by atoms with van der Waals surface area (Å²) in [6.07, 6.45) is 2.08. The monoisotopic (exact) mass is 422 g/mol. The Balaban J connectivity index is 1.70. The first-order valence-electron chi connectivity index (χ1n) is 10.9. The zero-order chi connectivity index (χ0) is 22.0. The van der Waals surface area contributed by atoms with Crippen LogP contribution in [0.25, 0.3) is 0 Å². The summed E-state index contributed by atoms with van der Waals surface area (Å²) in [5.74, 6) is 1.09. The molecule has 0 aliphatic carbocycles. The minimum Gasteiger partial charge on any atom is -0.497 e. The van der Waals surface area contributed by atoms with Crippen molar-refractivity contribution in [1.29, 1.82) is 0 Å². The molecule has 0 spiro atoms. The van der Waals surface area contributed by atoms with Crippen molar-refractivity contribution in [2.75, 3.05) is 40.4 Å². The first kappa shape index (κ1) is 21.2. The Morgan fingerprint density at radius 1 is 0.935 bits per heavy atom. The molecule has 0 N–H and O–H groups in total. The van der Waals surface area contributed by atoms with Gasteiger partial charge in [-0.05, 0) is 49.6 Å². The van der Waals surface area contributed by atoms with Crippen LogP contribution in [0.2, 0.25) is 0 Å². The third kappa shape index (κ3) is 4.11. The molecular weight excluding hydrogens is 392 g/mol. The van der Waals surface area contributed by atoms with Crippen LogP contribution in [0.3, 0.4) is 0 Å². The summed E-state index contributed by atoms with van der Waals surface area (Å²) < 4.78 is 11.1. The smallest absolute Gasteiger partial charge is 0.254 e. The average molecular weight is 423 g/mol. The molecule has 2 atom stereocenters. The van der Waals surface area contributed by atoms with Gasteiger partial charge in [0, 0.05) is 43.2 Å². The van der Waals surface area contributed by atoms with E-state index >= 15 is 0 Å². The second-order valence-electron chi connectivity index (χ2n) is 8.38. The highest BCUT2D eigenvalue weighted by atomic mass is 16.5. The molecule has 2 fully saturated rings. The average Bonchev–Trinajstić information content (AvgIpc) is 3.48. The molecule has 2 heterocycles. The summed E-state index contributed by atoms with van der Waals surface area (Å²) in [7, 11) is 3.26. The van der Waals surface area contributed by atoms with E-state index in [1.165, 1.54) is 0 Å². The topological polar surface area (TPSA) is 59.1 Å². The number of likely N-dealkylation sites (tertiary alicyclic amines) is 2. The number of hydrogen-bond donors (Lipinski definition) is 0. The molecule has 0 radical (unpaired) electrons. The fourth-order valence-corrected chi connectivity index (χ4v) is 4.82. The number of rotatable bonds is 5. The van der Waals surface area contributed by atoms with Crippen LogP contribution >= 0.6 is 0 Å². The lowest BCUT2D eigenvalue weighted by Gasteiger charge is -2.25. The van der Waals surface area contributed by atoms with Gasteiger partial charge in [-0.15, -0.1) is 0 Å². The predicted octanol–water partition coefficient (Wildman–Crippen LogP) is 3.49. The number of ether oxygens (including phenoxy) is 2. The SMILES string of the molecule is COc1ccc(OC)c(C2CN(C(=O)c3ccccc3C)CC2C(=O)N2CCCC2)c1. The van der Waals surface area contributed by atoms with Crippen molar-refractivity contribution in [3.8, 4) is 11.5 Å². The van der Waals surface area contributed by atoms with Crippen molar-refractivity contribution in [3.05, 3.63) is 59.2 Å². The molecule has 6 heteroatoms. The lowest BCUT2D eigenvalue weighted by atomic mass is 9.87. The Bertz CT molecular complexity index is 968. The maximum absolute atomic E-state index is 13.5. The van der Waals surface area contributed by atoms with Crippen LogP contribution < -0.4 is 9.47 Å². The second-order valence-corrected chi connectivity index (χ2v) is 8.38. The molecule has 2 aromatic carbocycles. The summed E-state index contributed by atoms with van der Waals surface area (Å²) in [5.41, 5.74) is 2.55. The number of carbonyl (C=O) groups is 2. The van der Waals surface area contributed by atoms with Crippen molar-refractivity contribution in [2.45, 2.75) is 25.7 Å². The molecule has 4 rings (SSSR count). The first-order chi connectivity index (χ1) is 15.0. The number of hydrogen-bond acceptors (Lipinski definition) is 4. The number of nitrogens with zero attached hydrogens (tertiary/aromatic N) is 2. The normalized spacial score (nSPS) is 20.7. The second kappa shape index (κ2) is 9.00. The van der Waals surface area contributed by atoms with Crippen molar-refractivity contribution in [1.82, 2.24) is 9.80 Å². The van der Waals surface area contributed by atoms with Crippen LogP contribution in [0.1, 0.15) is 40.2 Å². The summed E-state index contributed by atoms with van der Waals surface area (Å²) in [6.45, 7) is 4.42. The van der Waals surface area contributed by atoms with Crippen LogP contribution in [0, 0.1) is 12.8 Å². The van der Waals surface area contributed by atoms with E-state index in [4.69, 9.17) is 9.47 Å². The van der Waals surface area contributed by atoms with E-state index in [1.54, 1.807) is 14.2 Å². The number of benzene rings is 2. The maximum Gasteiger partial charge on any atom is 0.254 e. The van der Waals surface area contributed by atoms with Crippen molar-refractivity contribution in [3.63, 3.8) is 0 Å². The summed E-state index contributed by atoms with van der Waals surface area (Å²) in [4.78, 5) is 30.6. The van der Waals surface area contributed by atoms with Crippen LogP contribution in [-0.2, 0) is 4.79 Å². The highest BCUT2D eigenvalue weighted by molar-refractivity contribution is 5.96. The molecule has 31 heavy (non-hydrogen) atoms. The quantitative estimate of drug-likeness (QED) is 0.740. The van der Waals surface area contributed by atoms with Gasteiger partial charge in [0.25, 0.3) is 5.91 Å². The Morgan fingerprint density at radius 2 is 1.68 bits per heavy atom. The number of amides is 2. The lowest BCUT2D eigenvalue weighted by molar-refractivity contribution is -0.134. The molecule has 0 aromatic heterocycles. The van der Waals surface area contributed by atoms with Crippen LogP contribution in [0.15, 0.2) is 42.5 Å². The number of aryl methyl sites for hydroxylation is 1. The Labute approximate surface area is 183 Å². The largest absolute Gasteiger partial charge is 0.497 e. The third-order valence-electron chi connectivity index (χ3n) is 6.55. The summed E-state index contributed by atoms with van der Waals surface area (Å²) in [5, 5.41) is 0. The van der Waals surface area contributed by atoms with Gasteiger partial charge in [-0.1, -0.05) is 18.2 Å². The lowest BCUT2D eigenvalue weighted by Crippen LogP contribution is -2.37. The molecule has 0 saturated carbocycles. The van der Waals surface area contributed by atoms with Crippen molar-refractivity contribution in [2.24, 2.45) is 5.92 Å². The third-order valence-corrected chi connectivity index (χ3v) is 6.55. The van der Waals surface area contributed by atoms with Gasteiger partial charge in [-0.2, -0.15) is 0 Å². The van der Waals surface area contributed by atoms with Gasteiger partial charge in [0.1, 0.15) is 11.5 Å². The van der Waals surface area contributed by atoms with E-state index in [0.717, 1.165) is 42.8 Å². The molecule has 164 valence electrons. The molecule has 2 aliphatic heterocycles. The van der Waals surface area contributed by atoms with Gasteiger partial charge in [-0.3, -0.25) is 9.59 Å². The molecule has 2 amide bonds. The van der Waals surface area contributed by atoms with Crippen molar-refractivity contribution >= 4 is 11.8 Å². The number of carbonyl (C=O) groups excluding carboxylic acids is 2. The highest BCUT2D eigenvalue weighted by Gasteiger charge is 2.43. The minimum atomic E-state index is -0.299. The van der Waals surface area contributed by atoms with E-state index < -0.39 is 0 Å². The van der Waals surface area contributed by atoms with E-state index in [9.17, 15) is 9.59 Å². The van der Waals surface area contributed by atoms with Gasteiger partial charge < -0.3 is 19.3 Å². The van der Waals surface area contributed by atoms with Gasteiger partial charge in [-0.25, -0.2) is 0 Å². The molecular formula is C25H30N2O4. The minimum absolute atomic E-state index is 0.0262. The molecule has 6 nitrogen and oxygen atoms in total. The molecule has 2 aromatic rings. The van der Waals surface area contributed by atoms with Gasteiger partial charge in [0.2, 0.25) is 5.91 Å². The van der Waals surface area contributed by atoms with Crippen LogP contribution in [0.5, 0.6) is 11.5 Å². The number of methoxy groups -OCH3 is 2. The fourth-order valence-electron chi connectivity index (χ4n) is 4.82. The maximum atomic E-state index is 13.5. The molecule has 0 bridgehead atoms. The fraction of sp³-hybridized carbons (Fsp3) is 0.440. The Hall–Kier alpha value is -3.02. The Morgan fingerprint density at radius 3 is 2.35 bits per heavy atom. The van der Waals surface area contributed by atoms with Crippen molar-refractivity contribution < 1.29 is 19.1 Å². The predicted molar refractivity (Wildman–Crippen MR) is 119 cm³/mol. The van der Waals surface area contributed by atoms with E-state index in [0.29, 0.717) is 24.4 Å². The van der Waals surface area contributed by atoms with Crippen LogP contribution in [-0.4, -0.2) is 62.0 Å². The summed E-state index contributed by atoms with van der Waals surface area (Å²) >= 11 is 0. The zero-order valence-electron chi connectivity index (χ0n) is 18.5. The van der Waals surface area contributed by atoms with Gasteiger partial charge >= 0.3 is 0 Å². The molecule has 2 unspecified atom stereocenters. The van der Waals surface area contributed by atoms with Crippen LogP contribution in [0.4, 0.5) is 0 Å². The highest BCUT2D eigenvalue weighted by Crippen LogP contribution is 2.41. The standard InChI is InChI=1S/C25H30N2O4/c1-17-8-4-5-9-19(17)24(28)27-15-21(20-14-18(30-2)10-11-23(20)31-3)22(16-27)25(29)26-12-6-7-13-26/h4-5,8-11,14,21-22H,6-7,12-13,15-16H2,1-3H3. The van der Waals surface area contributed by atoms with E-state index in [-0.39, 0.29) is 23.7 Å². The summed E-state index contributed by atoms with van der Waals surface area (Å²) in [6, 6.07) is 13.3. The molecule has 2 aliphatic rings. The van der Waals surface area contributed by atoms with Gasteiger partial charge in [0.05, 0.1) is 20.1 Å². The Kier molecular flexibility index (Phi) is 6.16. The van der Waals surface area contributed by atoms with E-state index in [1.807, 2.05) is 59.2 Å². The molecule has 2 saturated heterocycles. The van der Waals surface area contributed by atoms with E-state index in [2.05, 4.69) is 0 Å². The first-order valence-corrected chi connectivity index (χ1v) is 10.9. The zero-order valence-corrected chi connectivity index (χ0v) is 18.5. The van der Waals surface area contributed by atoms with Gasteiger partial charge in [0.15, 0.2) is 0 Å².